The van der Waals surface area contributed by atoms with Crippen molar-refractivity contribution in [3.05, 3.63) is 12.2 Å². The fourth-order valence-electron chi connectivity index (χ4n) is 15.1. The number of hydrogen-bond acceptors (Lipinski definition) is 18. The van der Waals surface area contributed by atoms with Crippen LogP contribution in [0.1, 0.15) is 386 Å². The van der Waals surface area contributed by atoms with Gasteiger partial charge in [0.1, 0.15) is 73.2 Å². The first-order valence-electron chi connectivity index (χ1n) is 43.4. The number of amides is 1. The quantitative estimate of drug-likeness (QED) is 0.0199. The maximum Gasteiger partial charge on any atom is 0.220 e. The van der Waals surface area contributed by atoms with Crippen molar-refractivity contribution in [3.8, 4) is 0 Å². The van der Waals surface area contributed by atoms with Crippen LogP contribution in [0.4, 0.5) is 0 Å². The fourth-order valence-corrected chi connectivity index (χ4v) is 15.1. The average Bonchev–Trinajstić information content (AvgIpc) is 0.781. The number of hydrogen-bond donors (Lipinski definition) is 12. The van der Waals surface area contributed by atoms with Gasteiger partial charge < -0.3 is 89.9 Å². The third-order valence-corrected chi connectivity index (χ3v) is 22.1. The molecule has 12 N–H and O–H groups in total. The number of nitrogens with one attached hydrogen (secondary N) is 1. The summed E-state index contributed by atoms with van der Waals surface area (Å²) in [4.78, 5) is 13.5. The molecule has 0 aromatic carbocycles. The summed E-state index contributed by atoms with van der Waals surface area (Å²) in [5.74, 6) is -0.233. The summed E-state index contributed by atoms with van der Waals surface area (Å²) in [5.41, 5.74) is 0. The van der Waals surface area contributed by atoms with Crippen molar-refractivity contribution in [2.75, 3.05) is 26.4 Å². The maximum atomic E-state index is 13.5. The Hall–Kier alpha value is -1.47. The van der Waals surface area contributed by atoms with E-state index in [9.17, 15) is 61.0 Å². The third kappa shape index (κ3) is 44.8. The molecular formula is C84H161NO18. The fraction of sp³-hybridized carbons (Fsp3) is 0.964. The van der Waals surface area contributed by atoms with Crippen LogP contribution in [0.15, 0.2) is 12.2 Å². The maximum absolute atomic E-state index is 13.5. The Morgan fingerprint density at radius 1 is 0.340 bits per heavy atom. The van der Waals surface area contributed by atoms with Crippen LogP contribution in [0.5, 0.6) is 0 Å². The van der Waals surface area contributed by atoms with Gasteiger partial charge in [-0.1, -0.05) is 353 Å². The number of aliphatic hydroxyl groups excluding tert-OH is 11. The minimum absolute atomic E-state index is 0.233. The van der Waals surface area contributed by atoms with Gasteiger partial charge in [-0.25, -0.2) is 0 Å². The molecular weight excluding hydrogens is 1310 g/mol. The van der Waals surface area contributed by atoms with Crippen LogP contribution in [-0.2, 0) is 33.2 Å². The number of carbonyl (C=O) groups is 1. The van der Waals surface area contributed by atoms with Gasteiger partial charge >= 0.3 is 0 Å². The molecule has 3 heterocycles. The van der Waals surface area contributed by atoms with E-state index in [-0.39, 0.29) is 18.9 Å². The number of aliphatic hydroxyl groups is 11. The Labute approximate surface area is 626 Å². The number of ether oxygens (including phenoxy) is 6. The highest BCUT2D eigenvalue weighted by molar-refractivity contribution is 5.76. The molecule has 610 valence electrons. The normalized spacial score (nSPS) is 26.0. The van der Waals surface area contributed by atoms with E-state index >= 15 is 0 Å². The van der Waals surface area contributed by atoms with E-state index < -0.39 is 124 Å². The molecule has 0 spiro atoms. The zero-order chi connectivity index (χ0) is 74.6. The largest absolute Gasteiger partial charge is 0.394 e. The van der Waals surface area contributed by atoms with Crippen molar-refractivity contribution < 1.29 is 89.4 Å². The van der Waals surface area contributed by atoms with E-state index in [2.05, 4.69) is 31.3 Å². The summed E-state index contributed by atoms with van der Waals surface area (Å²) in [6.07, 6.45) is 51.7. The molecule has 0 bridgehead atoms. The van der Waals surface area contributed by atoms with E-state index in [0.717, 1.165) is 44.9 Å². The Kier molecular flexibility index (Phi) is 60.7. The van der Waals surface area contributed by atoms with Gasteiger partial charge in [0.2, 0.25) is 5.91 Å². The number of carbonyl (C=O) groups excluding carboxylic acids is 1. The molecule has 0 aromatic heterocycles. The molecule has 0 saturated carbocycles. The molecule has 3 aliphatic heterocycles. The Morgan fingerprint density at radius 2 is 0.612 bits per heavy atom. The van der Waals surface area contributed by atoms with Crippen LogP contribution in [0.25, 0.3) is 0 Å². The Morgan fingerprint density at radius 3 is 0.942 bits per heavy atom. The van der Waals surface area contributed by atoms with Crippen LogP contribution < -0.4 is 5.32 Å². The van der Waals surface area contributed by atoms with Crippen molar-refractivity contribution in [2.45, 2.75) is 491 Å². The van der Waals surface area contributed by atoms with Crippen molar-refractivity contribution in [3.63, 3.8) is 0 Å². The van der Waals surface area contributed by atoms with Crippen LogP contribution in [0, 0.1) is 0 Å². The molecule has 19 nitrogen and oxygen atoms in total. The Balaban J connectivity index is 1.33. The van der Waals surface area contributed by atoms with Gasteiger partial charge in [0, 0.05) is 6.42 Å². The molecule has 3 saturated heterocycles. The summed E-state index contributed by atoms with van der Waals surface area (Å²) in [6, 6.07) is -0.885. The van der Waals surface area contributed by atoms with E-state index in [4.69, 9.17) is 28.4 Å². The van der Waals surface area contributed by atoms with Gasteiger partial charge in [-0.3, -0.25) is 4.79 Å². The Bertz CT molecular complexity index is 1910. The van der Waals surface area contributed by atoms with Crippen molar-refractivity contribution in [1.29, 1.82) is 0 Å². The number of allylic oxidation sites excluding steroid dienone is 2. The lowest BCUT2D eigenvalue weighted by molar-refractivity contribution is -0.379. The van der Waals surface area contributed by atoms with Crippen molar-refractivity contribution in [1.82, 2.24) is 5.32 Å². The first kappa shape index (κ1) is 95.7. The zero-order valence-electron chi connectivity index (χ0n) is 65.6. The molecule has 3 rings (SSSR count). The summed E-state index contributed by atoms with van der Waals surface area (Å²) in [5, 5.41) is 121. The summed E-state index contributed by atoms with van der Waals surface area (Å²) in [7, 11) is 0. The first-order valence-corrected chi connectivity index (χ1v) is 43.4. The molecule has 17 unspecified atom stereocenters. The second-order valence-electron chi connectivity index (χ2n) is 31.4. The topological polar surface area (TPSA) is 307 Å². The monoisotopic (exact) mass is 1470 g/mol. The second kappa shape index (κ2) is 65.3. The smallest absolute Gasteiger partial charge is 0.220 e. The molecule has 0 radical (unpaired) electrons. The van der Waals surface area contributed by atoms with Crippen LogP contribution in [-0.4, -0.2) is 193 Å². The molecule has 0 aliphatic carbocycles. The van der Waals surface area contributed by atoms with Gasteiger partial charge in [-0.15, -0.1) is 0 Å². The molecule has 19 heteroatoms. The number of rotatable bonds is 71. The lowest BCUT2D eigenvalue weighted by Gasteiger charge is -2.48. The summed E-state index contributed by atoms with van der Waals surface area (Å²) in [6.45, 7) is 1.88. The van der Waals surface area contributed by atoms with Crippen LogP contribution >= 0.6 is 0 Å². The van der Waals surface area contributed by atoms with Crippen molar-refractivity contribution in [2.24, 2.45) is 0 Å². The molecule has 103 heavy (non-hydrogen) atoms. The van der Waals surface area contributed by atoms with E-state index in [1.807, 2.05) is 0 Å². The van der Waals surface area contributed by atoms with Crippen LogP contribution in [0.3, 0.4) is 0 Å². The van der Waals surface area contributed by atoms with E-state index in [1.54, 1.807) is 0 Å². The van der Waals surface area contributed by atoms with Gasteiger partial charge in [0.15, 0.2) is 18.9 Å². The zero-order valence-corrected chi connectivity index (χ0v) is 65.6. The molecule has 3 fully saturated rings. The highest BCUT2D eigenvalue weighted by Crippen LogP contribution is 2.34. The minimum Gasteiger partial charge on any atom is -0.394 e. The van der Waals surface area contributed by atoms with Gasteiger partial charge in [0.25, 0.3) is 0 Å². The number of unbranched alkanes of at least 4 members (excludes halogenated alkanes) is 53. The standard InChI is InChI=1S/C84H161NO18/c1-3-5-7-9-11-13-15-17-19-21-23-25-27-29-30-31-32-33-34-35-36-38-40-42-44-46-48-50-52-54-56-58-60-62-72(90)85-67(68(89)61-59-57-55-53-51-49-47-45-43-41-39-37-28-26-24-22-20-18-16-14-12-10-8-6-4-2)66-98-82-78(96)75(93)80(70(64-87)100-82)103-84-79(97)76(94)81(71(65-88)101-84)102-83-77(95)74(92)73(91)69(63-86)99-83/h21,23,67-71,73-84,86-89,91-97H,3-20,22,24-66H2,1-2H3,(H,85,90)/b23-21-. The second-order valence-corrected chi connectivity index (χ2v) is 31.4. The lowest BCUT2D eigenvalue weighted by atomic mass is 9.96. The molecule has 3 aliphatic rings. The third-order valence-electron chi connectivity index (χ3n) is 22.1. The van der Waals surface area contributed by atoms with Crippen molar-refractivity contribution >= 4 is 5.91 Å². The van der Waals surface area contributed by atoms with Gasteiger partial charge in [-0.2, -0.15) is 0 Å². The molecule has 17 atom stereocenters. The predicted octanol–water partition coefficient (Wildman–Crippen LogP) is 15.5. The van der Waals surface area contributed by atoms with E-state index in [0.29, 0.717) is 12.8 Å². The lowest BCUT2D eigenvalue weighted by Crippen LogP contribution is -2.66. The average molecular weight is 1470 g/mol. The molecule has 1 amide bonds. The highest BCUT2D eigenvalue weighted by Gasteiger charge is 2.54. The first-order chi connectivity index (χ1) is 50.3. The predicted molar refractivity (Wildman–Crippen MR) is 411 cm³/mol. The highest BCUT2D eigenvalue weighted by atomic mass is 16.8. The minimum atomic E-state index is -1.97. The summed E-state index contributed by atoms with van der Waals surface area (Å²) >= 11 is 0. The van der Waals surface area contributed by atoms with Gasteiger partial charge in [-0.05, 0) is 38.5 Å². The van der Waals surface area contributed by atoms with Crippen LogP contribution in [0.2, 0.25) is 0 Å². The van der Waals surface area contributed by atoms with Gasteiger partial charge in [0.05, 0.1) is 38.6 Å². The van der Waals surface area contributed by atoms with E-state index in [1.165, 1.54) is 308 Å². The molecule has 0 aromatic rings. The summed E-state index contributed by atoms with van der Waals surface area (Å²) < 4.78 is 34.6. The SMILES string of the molecule is CCCCCCCCCC/C=C\CCCCCCCCCCCCCCCCCCCCCCCC(=O)NC(COC1OC(CO)C(OC2OC(CO)C(OC3OC(CO)C(O)C(O)C3O)C(O)C2O)C(O)C1O)C(O)CCCCCCCCCCCCCCCCCCCCCCCCCCC.